The van der Waals surface area contributed by atoms with E-state index in [1.165, 1.54) is 6.07 Å². The van der Waals surface area contributed by atoms with Gasteiger partial charge >= 0.3 is 0 Å². The number of hydrogen-bond acceptors (Lipinski definition) is 5. The monoisotopic (exact) mass is 358 g/mol. The van der Waals surface area contributed by atoms with E-state index in [-0.39, 0.29) is 12.5 Å². The van der Waals surface area contributed by atoms with Crippen LogP contribution < -0.4 is 10.6 Å². The number of rotatable bonds is 6. The number of carbonyl (C=O) groups excluding carboxylic acids is 1. The van der Waals surface area contributed by atoms with Crippen LogP contribution in [0.3, 0.4) is 0 Å². The Kier molecular flexibility index (Phi) is 3.98. The van der Waals surface area contributed by atoms with Crippen molar-refractivity contribution < 1.29 is 13.6 Å². The molecule has 0 atom stereocenters. The Balaban J connectivity index is 1.61. The summed E-state index contributed by atoms with van der Waals surface area (Å²) in [6, 6.07) is 3.02. The van der Waals surface area contributed by atoms with Crippen molar-refractivity contribution >= 4 is 22.8 Å². The zero-order chi connectivity index (χ0) is 18.1. The van der Waals surface area contributed by atoms with Gasteiger partial charge in [0, 0.05) is 29.9 Å². The van der Waals surface area contributed by atoms with E-state index in [1.54, 1.807) is 18.5 Å². The molecule has 0 aromatic carbocycles. The molecule has 0 aliphatic heterocycles. The van der Waals surface area contributed by atoms with Crippen LogP contribution in [0.1, 0.15) is 12.8 Å². The van der Waals surface area contributed by atoms with Crippen molar-refractivity contribution in [2.75, 3.05) is 18.5 Å². The molecule has 1 aliphatic rings. The van der Waals surface area contributed by atoms with Gasteiger partial charge in [0.2, 0.25) is 5.91 Å². The Morgan fingerprint density at radius 1 is 1.35 bits per heavy atom. The van der Waals surface area contributed by atoms with Crippen LogP contribution in [0.2, 0.25) is 0 Å². The Bertz CT molecular complexity index is 969. The smallest absolute Gasteiger partial charge is 0.245 e. The van der Waals surface area contributed by atoms with Gasteiger partial charge < -0.3 is 15.6 Å². The van der Waals surface area contributed by atoms with Gasteiger partial charge in [-0.1, -0.05) is 0 Å². The van der Waals surface area contributed by atoms with Crippen LogP contribution in [-0.2, 0) is 4.79 Å². The number of nitrogens with one attached hydrogen (secondary N) is 3. The fourth-order valence-electron chi connectivity index (χ4n) is 2.83. The number of carbonyl (C=O) groups is 1. The van der Waals surface area contributed by atoms with Crippen LogP contribution in [0, 0.1) is 5.82 Å². The molecule has 26 heavy (non-hydrogen) atoms. The number of anilines is 1. The molecule has 1 amide bonds. The Hall–Kier alpha value is -3.10. The first-order valence-electron chi connectivity index (χ1n) is 8.20. The standard InChI is InChI=1S/C17H16F2N6O/c18-4-6-21-16(26)17(2-3-17)25-13-1-5-20-15(24-13)12-9-23-14-11(12)7-10(19)8-22-14/h1,5,7-9H,2-4,6H2,(H,21,26)(H,22,23)(H,20,24,25). The van der Waals surface area contributed by atoms with Gasteiger partial charge in [-0.3, -0.25) is 4.79 Å². The number of pyridine rings is 1. The van der Waals surface area contributed by atoms with Crippen molar-refractivity contribution in [1.29, 1.82) is 0 Å². The molecule has 0 saturated heterocycles. The Morgan fingerprint density at radius 3 is 2.96 bits per heavy atom. The van der Waals surface area contributed by atoms with Crippen LogP contribution in [0.25, 0.3) is 22.4 Å². The van der Waals surface area contributed by atoms with Crippen LogP contribution in [-0.4, -0.2) is 44.6 Å². The average Bonchev–Trinajstić information content (AvgIpc) is 3.30. The van der Waals surface area contributed by atoms with Gasteiger partial charge in [0.15, 0.2) is 5.82 Å². The zero-order valence-corrected chi connectivity index (χ0v) is 13.7. The van der Waals surface area contributed by atoms with Crippen LogP contribution >= 0.6 is 0 Å². The van der Waals surface area contributed by atoms with Gasteiger partial charge in [0.1, 0.15) is 29.5 Å². The van der Waals surface area contributed by atoms with Gasteiger partial charge in [-0.15, -0.1) is 0 Å². The SMILES string of the molecule is O=C(NCCF)C1(Nc2ccnc(-c3c[nH]c4ncc(F)cc34)n2)CC1. The highest BCUT2D eigenvalue weighted by atomic mass is 19.1. The van der Waals surface area contributed by atoms with Crippen molar-refractivity contribution in [2.24, 2.45) is 0 Å². The number of aromatic nitrogens is 4. The van der Waals surface area contributed by atoms with E-state index in [0.717, 1.165) is 6.20 Å². The lowest BCUT2D eigenvalue weighted by atomic mass is 10.2. The van der Waals surface area contributed by atoms with Crippen LogP contribution in [0.15, 0.2) is 30.7 Å². The minimum atomic E-state index is -0.755. The first-order valence-corrected chi connectivity index (χ1v) is 8.20. The molecule has 4 rings (SSSR count). The number of nitrogens with zero attached hydrogens (tertiary/aromatic N) is 3. The van der Waals surface area contributed by atoms with Crippen molar-refractivity contribution in [3.63, 3.8) is 0 Å². The number of alkyl halides is 1. The third-order valence-electron chi connectivity index (χ3n) is 4.33. The number of hydrogen-bond donors (Lipinski definition) is 3. The Labute approximate surface area is 147 Å². The van der Waals surface area contributed by atoms with E-state index < -0.39 is 18.0 Å². The maximum atomic E-state index is 13.5. The van der Waals surface area contributed by atoms with E-state index in [9.17, 15) is 13.6 Å². The molecule has 3 aromatic rings. The molecular formula is C17H16F2N6O. The molecule has 3 heterocycles. The van der Waals surface area contributed by atoms with E-state index in [4.69, 9.17) is 0 Å². The summed E-state index contributed by atoms with van der Waals surface area (Å²) in [4.78, 5) is 27.8. The highest BCUT2D eigenvalue weighted by Gasteiger charge is 2.50. The summed E-state index contributed by atoms with van der Waals surface area (Å²) in [6.45, 7) is -0.615. The molecule has 0 radical (unpaired) electrons. The molecule has 9 heteroatoms. The number of H-pyrrole nitrogens is 1. The second-order valence-corrected chi connectivity index (χ2v) is 6.17. The lowest BCUT2D eigenvalue weighted by Crippen LogP contribution is -2.42. The maximum Gasteiger partial charge on any atom is 0.245 e. The van der Waals surface area contributed by atoms with Crippen LogP contribution in [0.4, 0.5) is 14.6 Å². The van der Waals surface area contributed by atoms with Gasteiger partial charge in [0.25, 0.3) is 0 Å². The molecule has 1 saturated carbocycles. The van der Waals surface area contributed by atoms with Gasteiger partial charge in [-0.05, 0) is 25.0 Å². The van der Waals surface area contributed by atoms with Gasteiger partial charge in [-0.2, -0.15) is 0 Å². The van der Waals surface area contributed by atoms with Crippen molar-refractivity contribution in [3.05, 3.63) is 36.5 Å². The molecule has 0 unspecified atom stereocenters. The molecule has 1 aliphatic carbocycles. The number of aromatic amines is 1. The minimum Gasteiger partial charge on any atom is -0.356 e. The number of amides is 1. The van der Waals surface area contributed by atoms with Crippen molar-refractivity contribution in [3.8, 4) is 11.4 Å². The molecule has 0 spiro atoms. The van der Waals surface area contributed by atoms with E-state index >= 15 is 0 Å². The molecule has 134 valence electrons. The van der Waals surface area contributed by atoms with Crippen molar-refractivity contribution in [2.45, 2.75) is 18.4 Å². The molecule has 1 fully saturated rings. The topological polar surface area (TPSA) is 95.6 Å². The fourth-order valence-corrected chi connectivity index (χ4v) is 2.83. The lowest BCUT2D eigenvalue weighted by molar-refractivity contribution is -0.122. The lowest BCUT2D eigenvalue weighted by Gasteiger charge is -2.17. The highest BCUT2D eigenvalue weighted by Crippen LogP contribution is 2.39. The van der Waals surface area contributed by atoms with E-state index in [0.29, 0.717) is 41.1 Å². The summed E-state index contributed by atoms with van der Waals surface area (Å²) >= 11 is 0. The second kappa shape index (κ2) is 6.32. The molecule has 3 aromatic heterocycles. The van der Waals surface area contributed by atoms with Crippen molar-refractivity contribution in [1.82, 2.24) is 25.3 Å². The van der Waals surface area contributed by atoms with Gasteiger partial charge in [0.05, 0.1) is 6.20 Å². The third kappa shape index (κ3) is 2.96. The molecule has 0 bridgehead atoms. The van der Waals surface area contributed by atoms with E-state index in [1.807, 2.05) is 0 Å². The predicted molar refractivity (Wildman–Crippen MR) is 91.7 cm³/mol. The first kappa shape index (κ1) is 16.4. The third-order valence-corrected chi connectivity index (χ3v) is 4.33. The summed E-state index contributed by atoms with van der Waals surface area (Å²) in [7, 11) is 0. The van der Waals surface area contributed by atoms with Gasteiger partial charge in [-0.25, -0.2) is 23.7 Å². The highest BCUT2D eigenvalue weighted by molar-refractivity contribution is 5.93. The predicted octanol–water partition coefficient (Wildman–Crippen LogP) is 2.19. The molecule has 7 nitrogen and oxygen atoms in total. The maximum absolute atomic E-state index is 13.5. The summed E-state index contributed by atoms with van der Waals surface area (Å²) in [5, 5.41) is 6.24. The average molecular weight is 358 g/mol. The molecular weight excluding hydrogens is 342 g/mol. The summed E-state index contributed by atoms with van der Waals surface area (Å²) < 4.78 is 25.8. The summed E-state index contributed by atoms with van der Waals surface area (Å²) in [5.74, 6) is 0.165. The normalized spacial score (nSPS) is 15.0. The fraction of sp³-hybridized carbons (Fsp3) is 0.294. The largest absolute Gasteiger partial charge is 0.356 e. The number of fused-ring (bicyclic) bond motifs is 1. The van der Waals surface area contributed by atoms with Crippen LogP contribution in [0.5, 0.6) is 0 Å². The first-order chi connectivity index (χ1) is 12.6. The van der Waals surface area contributed by atoms with E-state index in [2.05, 4.69) is 30.6 Å². The minimum absolute atomic E-state index is 0.00874. The summed E-state index contributed by atoms with van der Waals surface area (Å²) in [5.41, 5.74) is 0.393. The number of halogens is 2. The quantitative estimate of drug-likeness (QED) is 0.628. The summed E-state index contributed by atoms with van der Waals surface area (Å²) in [6.07, 6.45) is 5.65. The Morgan fingerprint density at radius 2 is 2.19 bits per heavy atom. The zero-order valence-electron chi connectivity index (χ0n) is 13.7. The molecule has 3 N–H and O–H groups in total. The second-order valence-electron chi connectivity index (χ2n) is 6.17.